The van der Waals surface area contributed by atoms with E-state index < -0.39 is 139 Å². The van der Waals surface area contributed by atoms with Crippen LogP contribution in [0, 0.1) is 0 Å². The summed E-state index contributed by atoms with van der Waals surface area (Å²) in [5.74, 6) is -12.2. The molecular weight excluding hydrogens is 1100 g/mol. The fourth-order valence-electron chi connectivity index (χ4n) is 8.12. The van der Waals surface area contributed by atoms with Crippen molar-refractivity contribution in [3.63, 3.8) is 0 Å². The maximum absolute atomic E-state index is 14.5. The van der Waals surface area contributed by atoms with E-state index in [2.05, 4.69) is 47.5 Å². The number of nitrogens with zero attached hydrogens (tertiary/aromatic N) is 1. The molecule has 0 fully saturated rings. The second kappa shape index (κ2) is 33.6. The molecule has 22 N–H and O–H groups in total. The monoisotopic (exact) mass is 1170 g/mol. The predicted molar refractivity (Wildman–Crippen MR) is 301 cm³/mol. The number of aliphatic hydroxyl groups is 1. The molecule has 0 radical (unpaired) electrons. The molecule has 4 aromatic rings. The maximum Gasteiger partial charge on any atom is 0.326 e. The number of aliphatic imine (C=N–C) groups is 1. The van der Waals surface area contributed by atoms with E-state index in [0.717, 1.165) is 0 Å². The van der Waals surface area contributed by atoms with Crippen LogP contribution in [-0.4, -0.2) is 159 Å². The van der Waals surface area contributed by atoms with Crippen LogP contribution in [0.2, 0.25) is 0 Å². The van der Waals surface area contributed by atoms with Gasteiger partial charge in [-0.1, -0.05) is 84.9 Å². The van der Waals surface area contributed by atoms with Gasteiger partial charge in [-0.3, -0.25) is 52.9 Å². The number of carbonyl (C=O) groups excluding carboxylic acids is 10. The molecule has 10 amide bonds. The number of aromatic hydroxyl groups is 2. The maximum atomic E-state index is 14.5. The van der Waals surface area contributed by atoms with Crippen molar-refractivity contribution in [3.05, 3.63) is 131 Å². The van der Waals surface area contributed by atoms with E-state index in [1.165, 1.54) is 48.5 Å². The zero-order valence-electron chi connectivity index (χ0n) is 45.4. The van der Waals surface area contributed by atoms with Gasteiger partial charge in [-0.05, 0) is 59.4 Å². The molecule has 29 nitrogen and oxygen atoms in total. The molecule has 84 heavy (non-hydrogen) atoms. The van der Waals surface area contributed by atoms with Gasteiger partial charge < -0.3 is 91.6 Å². The summed E-state index contributed by atoms with van der Waals surface area (Å²) in [7, 11) is 0. The smallest absolute Gasteiger partial charge is 0.326 e. The van der Waals surface area contributed by atoms with Gasteiger partial charge in [0.1, 0.15) is 59.8 Å². The zero-order chi connectivity index (χ0) is 61.9. The summed E-state index contributed by atoms with van der Waals surface area (Å²) >= 11 is 0. The molecule has 0 aromatic heterocycles. The number of carbonyl (C=O) groups is 11. The van der Waals surface area contributed by atoms with E-state index in [9.17, 15) is 73.2 Å². The summed E-state index contributed by atoms with van der Waals surface area (Å²) in [6.07, 6.45) is -2.64. The standard InChI is InChI=1S/C55H70N14O15/c56-36(29-70)47(76)64-42(27-45(58)74)53(82)67-39(23-31-10-5-2-6-11-31)51(80)68-41(26-44(57)73)48(77)62-28-46(75)63-37(12-7-21-61-55(59)60)49(78)65-38(22-30-8-3-1-4-9-30)50(79)66-40(24-32-13-17-34(71)18-14-32)52(81)69-43(54(83)84)25-33-15-19-35(72)20-16-33/h1-6,8-11,13-20,36-43,70-72H,7,12,21-29,56H2,(H2,57,73)(H2,58,74)(H,62,77)(H,63,75)(H,64,76)(H,65,78)(H,66,79)(H,67,82)(H,68,80)(H,69,81)(H,83,84)(H4,59,60,61)/t36-,37-,38-,39-,40-,41-,42-,43-/m0/s1. The van der Waals surface area contributed by atoms with Gasteiger partial charge in [-0.15, -0.1) is 0 Å². The summed E-state index contributed by atoms with van der Waals surface area (Å²) < 4.78 is 0. The van der Waals surface area contributed by atoms with Gasteiger partial charge in [0.05, 0.1) is 26.0 Å². The topological polar surface area (TPSA) is 507 Å². The average molecular weight is 1170 g/mol. The Balaban J connectivity index is 1.57. The van der Waals surface area contributed by atoms with Gasteiger partial charge in [0.25, 0.3) is 0 Å². The molecule has 8 atom stereocenters. The fourth-order valence-corrected chi connectivity index (χ4v) is 8.12. The third-order valence-corrected chi connectivity index (χ3v) is 12.5. The van der Waals surface area contributed by atoms with Crippen LogP contribution >= 0.6 is 0 Å². The molecule has 0 aliphatic carbocycles. The van der Waals surface area contributed by atoms with Crippen LogP contribution in [0.25, 0.3) is 0 Å². The molecule has 450 valence electrons. The molecule has 29 heteroatoms. The quantitative estimate of drug-likeness (QED) is 0.0118. The summed E-state index contributed by atoms with van der Waals surface area (Å²) in [4.78, 5) is 151. The number of carboxylic acid groups (broad SMARTS) is 1. The number of benzene rings is 4. The minimum absolute atomic E-state index is 0.0384. The molecule has 4 aromatic carbocycles. The average Bonchev–Trinajstić information content (AvgIpc) is 3.66. The van der Waals surface area contributed by atoms with E-state index >= 15 is 0 Å². The van der Waals surface area contributed by atoms with Crippen LogP contribution < -0.4 is 71.2 Å². The van der Waals surface area contributed by atoms with Gasteiger partial charge in [0.2, 0.25) is 59.1 Å². The lowest BCUT2D eigenvalue weighted by molar-refractivity contribution is -0.142. The number of phenols is 2. The highest BCUT2D eigenvalue weighted by atomic mass is 16.4. The van der Waals surface area contributed by atoms with Crippen molar-refractivity contribution in [1.29, 1.82) is 0 Å². The predicted octanol–water partition coefficient (Wildman–Crippen LogP) is -4.91. The Morgan fingerprint density at radius 2 is 0.798 bits per heavy atom. The van der Waals surface area contributed by atoms with E-state index in [1.807, 2.05) is 0 Å². The normalized spacial score (nSPS) is 13.6. The number of hydrogen-bond donors (Lipinski definition) is 17. The molecule has 0 bridgehead atoms. The lowest BCUT2D eigenvalue weighted by Gasteiger charge is -2.26. The number of phenolic OH excluding ortho intramolecular Hbond substituents is 2. The third-order valence-electron chi connectivity index (χ3n) is 12.5. The van der Waals surface area contributed by atoms with Crippen molar-refractivity contribution in [2.45, 2.75) is 99.7 Å². The van der Waals surface area contributed by atoms with E-state index in [4.69, 9.17) is 28.7 Å². The number of aliphatic carboxylic acids is 1. The van der Waals surface area contributed by atoms with Crippen LogP contribution in [0.15, 0.2) is 114 Å². The molecule has 0 heterocycles. The Morgan fingerprint density at radius 3 is 1.20 bits per heavy atom. The second-order valence-electron chi connectivity index (χ2n) is 19.2. The van der Waals surface area contributed by atoms with Gasteiger partial charge in [0.15, 0.2) is 5.96 Å². The Kier molecular flexibility index (Phi) is 26.5. The van der Waals surface area contributed by atoms with Gasteiger partial charge in [-0.25, -0.2) is 4.79 Å². The van der Waals surface area contributed by atoms with Crippen LogP contribution in [0.3, 0.4) is 0 Å². The second-order valence-corrected chi connectivity index (χ2v) is 19.2. The summed E-state index contributed by atoms with van der Waals surface area (Å²) in [6.45, 7) is -1.76. The van der Waals surface area contributed by atoms with Crippen LogP contribution in [0.1, 0.15) is 47.9 Å². The van der Waals surface area contributed by atoms with Crippen molar-refractivity contribution in [2.24, 2.45) is 33.7 Å². The molecule has 0 saturated heterocycles. The number of guanidine groups is 1. The van der Waals surface area contributed by atoms with E-state index in [0.29, 0.717) is 22.3 Å². The lowest BCUT2D eigenvalue weighted by atomic mass is 10.0. The number of hydrogen-bond acceptors (Lipinski definition) is 16. The van der Waals surface area contributed by atoms with Gasteiger partial charge >= 0.3 is 5.97 Å². The SMILES string of the molecule is NC(=O)C[C@H](NC(=O)[C@H](Cc1ccccc1)NC(=O)[C@H](CC(N)=O)NC(=O)[C@@H](N)CO)C(=O)NCC(=O)N[C@@H](CCCN=C(N)N)C(=O)N[C@@H](Cc1ccccc1)C(=O)N[C@@H](Cc1ccc(O)cc1)C(=O)N[C@@H](Cc1ccc(O)cc1)C(=O)O. The molecule has 0 unspecified atom stereocenters. The first-order chi connectivity index (χ1) is 39.9. The van der Waals surface area contributed by atoms with Crippen molar-refractivity contribution >= 4 is 71.0 Å². The fraction of sp³-hybridized carbons (Fsp3) is 0.345. The minimum atomic E-state index is -1.80. The Bertz CT molecular complexity index is 2950. The molecule has 0 spiro atoms. The first kappa shape index (κ1) is 66.4. The number of carboxylic acids is 1. The Labute approximate surface area is 481 Å². The highest BCUT2D eigenvalue weighted by Gasteiger charge is 2.35. The van der Waals surface area contributed by atoms with Crippen LogP contribution in [0.5, 0.6) is 11.5 Å². The highest BCUT2D eigenvalue weighted by molar-refractivity contribution is 5.99. The number of rotatable bonds is 34. The molecule has 0 saturated carbocycles. The molecule has 4 rings (SSSR count). The third kappa shape index (κ3) is 23.5. The van der Waals surface area contributed by atoms with Gasteiger partial charge in [-0.2, -0.15) is 0 Å². The van der Waals surface area contributed by atoms with E-state index in [-0.39, 0.29) is 62.5 Å². The lowest BCUT2D eigenvalue weighted by Crippen LogP contribution is -2.60. The zero-order valence-corrected chi connectivity index (χ0v) is 45.4. The first-order valence-electron chi connectivity index (χ1n) is 26.1. The summed E-state index contributed by atoms with van der Waals surface area (Å²) in [6, 6.07) is 15.1. The largest absolute Gasteiger partial charge is 0.508 e. The van der Waals surface area contributed by atoms with Gasteiger partial charge in [0, 0.05) is 32.2 Å². The van der Waals surface area contributed by atoms with Crippen LogP contribution in [-0.2, 0) is 78.4 Å². The van der Waals surface area contributed by atoms with Crippen molar-refractivity contribution in [1.82, 2.24) is 42.5 Å². The van der Waals surface area contributed by atoms with E-state index in [1.54, 1.807) is 60.7 Å². The summed E-state index contributed by atoms with van der Waals surface area (Å²) in [5, 5.41) is 58.5. The number of amides is 10. The minimum Gasteiger partial charge on any atom is -0.508 e. The number of nitrogens with one attached hydrogen (secondary N) is 8. The molecule has 0 aliphatic rings. The molecule has 0 aliphatic heterocycles. The summed E-state index contributed by atoms with van der Waals surface area (Å²) in [5.41, 5.74) is 29.2. The van der Waals surface area contributed by atoms with Crippen molar-refractivity contribution in [2.75, 3.05) is 19.7 Å². The Hall–Kier alpha value is -10.2. The first-order valence-corrected chi connectivity index (χ1v) is 26.1. The Morgan fingerprint density at radius 1 is 0.440 bits per heavy atom. The number of aliphatic hydroxyl groups excluding tert-OH is 1. The van der Waals surface area contributed by atoms with Crippen LogP contribution in [0.4, 0.5) is 0 Å². The number of nitrogens with two attached hydrogens (primary N) is 5. The molecular formula is C55H70N14O15. The number of primary amides is 2. The van der Waals surface area contributed by atoms with Crippen molar-refractivity contribution < 1.29 is 73.2 Å². The highest BCUT2D eigenvalue weighted by Crippen LogP contribution is 2.15. The van der Waals surface area contributed by atoms with Crippen molar-refractivity contribution in [3.8, 4) is 11.5 Å².